The van der Waals surface area contributed by atoms with Gasteiger partial charge in [-0.15, -0.1) is 0 Å². The van der Waals surface area contributed by atoms with Crippen LogP contribution in [-0.4, -0.2) is 22.6 Å². The maximum Gasteiger partial charge on any atom is 0.232 e. The fourth-order valence-corrected chi connectivity index (χ4v) is 3.91. The number of aromatic amines is 1. The number of rotatable bonds is 6. The van der Waals surface area contributed by atoms with Gasteiger partial charge in [0.25, 0.3) is 0 Å². The molecule has 2 aromatic carbocycles. The number of quaternary nitrogens is 1. The molecule has 7 nitrogen and oxygen atoms in total. The molecular weight excluding hydrogens is 388 g/mol. The minimum atomic E-state index is 0.646. The second-order valence-corrected chi connectivity index (χ2v) is 7.99. The summed E-state index contributed by atoms with van der Waals surface area (Å²) in [6.45, 7) is 0.723. The number of hydrogen-bond acceptors (Lipinski definition) is 5. The van der Waals surface area contributed by atoms with Crippen molar-refractivity contribution in [3.8, 4) is 11.5 Å². The Balaban J connectivity index is 1.23. The van der Waals surface area contributed by atoms with Crippen LogP contribution in [0.15, 0.2) is 90.1 Å². The molecule has 3 heterocycles. The molecule has 1 saturated carbocycles. The lowest BCUT2D eigenvalue weighted by Gasteiger charge is -2.28. The summed E-state index contributed by atoms with van der Waals surface area (Å²) in [5.41, 5.74) is 2.29. The number of nitrogens with zero attached hydrogens (tertiary/aromatic N) is 3. The number of aromatic nitrogens is 2. The van der Waals surface area contributed by atoms with Crippen LogP contribution in [0.2, 0.25) is 0 Å². The van der Waals surface area contributed by atoms with E-state index in [-0.39, 0.29) is 0 Å². The van der Waals surface area contributed by atoms with E-state index in [4.69, 9.17) is 4.74 Å². The van der Waals surface area contributed by atoms with E-state index >= 15 is 0 Å². The van der Waals surface area contributed by atoms with E-state index in [1.54, 1.807) is 0 Å². The standard InChI is InChI=1S/C24H22N6O/c1-2-4-19(5-3-1)31-20-10-8-18(9-11-20)29-15-23-25-12-13-30(23)24(16-29)26-22-14-21(27-28-22)17-6-7-17/h1-5,8-14,16-17H,6-7,15H2,(H2,26,27,28)/p+1. The summed E-state index contributed by atoms with van der Waals surface area (Å²) in [6.07, 6.45) is 8.54. The summed E-state index contributed by atoms with van der Waals surface area (Å²) >= 11 is 0. The highest BCUT2D eigenvalue weighted by Crippen LogP contribution is 2.39. The van der Waals surface area contributed by atoms with Gasteiger partial charge >= 0.3 is 0 Å². The Hall–Kier alpha value is -3.84. The van der Waals surface area contributed by atoms with E-state index in [1.165, 1.54) is 18.5 Å². The molecule has 3 N–H and O–H groups in total. The fourth-order valence-electron chi connectivity index (χ4n) is 3.91. The molecule has 3 aliphatic rings. The Kier molecular flexibility index (Phi) is 4.32. The molecule has 6 rings (SSSR count). The number of fused-ring (bicyclic) bond motifs is 1. The van der Waals surface area contributed by atoms with Gasteiger partial charge in [-0.25, -0.2) is 9.89 Å². The van der Waals surface area contributed by atoms with Crippen LogP contribution < -0.4 is 19.9 Å². The summed E-state index contributed by atoms with van der Waals surface area (Å²) in [5.74, 6) is 5.17. The number of ether oxygens (including phenoxy) is 1. The molecule has 31 heavy (non-hydrogen) atoms. The lowest BCUT2D eigenvalue weighted by atomic mass is 10.2. The number of nitrogens with one attached hydrogen (secondary N) is 3. The number of H-pyrrole nitrogens is 1. The Morgan fingerprint density at radius 2 is 1.84 bits per heavy atom. The van der Waals surface area contributed by atoms with Crippen molar-refractivity contribution in [1.29, 1.82) is 0 Å². The van der Waals surface area contributed by atoms with Gasteiger partial charge in [-0.3, -0.25) is 10.4 Å². The van der Waals surface area contributed by atoms with Gasteiger partial charge in [0.1, 0.15) is 24.2 Å². The summed E-state index contributed by atoms with van der Waals surface area (Å²) in [4.78, 5) is 7.88. The molecular formula is C24H23N6O+. The van der Waals surface area contributed by atoms with Crippen LogP contribution in [0, 0.1) is 0 Å². The summed E-state index contributed by atoms with van der Waals surface area (Å²) in [7, 11) is 0. The van der Waals surface area contributed by atoms with Crippen molar-refractivity contribution in [3.05, 3.63) is 90.8 Å². The van der Waals surface area contributed by atoms with Crippen molar-refractivity contribution >= 4 is 17.3 Å². The number of para-hydroxylation sites is 1. The van der Waals surface area contributed by atoms with E-state index in [0.29, 0.717) is 5.92 Å². The third kappa shape index (κ3) is 3.71. The van der Waals surface area contributed by atoms with Gasteiger partial charge in [0.15, 0.2) is 5.82 Å². The molecule has 0 bridgehead atoms. The summed E-state index contributed by atoms with van der Waals surface area (Å²) in [6, 6.07) is 20.0. The number of amidine groups is 1. The van der Waals surface area contributed by atoms with Crippen molar-refractivity contribution in [3.63, 3.8) is 0 Å². The predicted molar refractivity (Wildman–Crippen MR) is 120 cm³/mol. The zero-order valence-corrected chi connectivity index (χ0v) is 17.0. The molecule has 1 aliphatic carbocycles. The normalized spacial score (nSPS) is 19.6. The van der Waals surface area contributed by atoms with Gasteiger partial charge in [-0.05, 0) is 49.2 Å². The monoisotopic (exact) mass is 411 g/mol. The molecule has 7 heteroatoms. The van der Waals surface area contributed by atoms with E-state index in [0.717, 1.165) is 46.1 Å². The molecule has 154 valence electrons. The molecule has 0 spiro atoms. The molecule has 0 radical (unpaired) electrons. The Morgan fingerprint density at radius 1 is 1.03 bits per heavy atom. The van der Waals surface area contributed by atoms with Gasteiger partial charge in [0.2, 0.25) is 11.7 Å². The SMILES string of the molecule is C1=C[NH+]2C(Nc3cc(C4CC4)[nH]n3)=CN(c3ccc(Oc4ccccc4)cc3)CC2=N1. The minimum absolute atomic E-state index is 0.646. The van der Waals surface area contributed by atoms with Crippen LogP contribution in [0.25, 0.3) is 0 Å². The van der Waals surface area contributed by atoms with Crippen molar-refractivity contribution in [2.45, 2.75) is 18.8 Å². The van der Waals surface area contributed by atoms with Gasteiger partial charge < -0.3 is 9.64 Å². The molecule has 1 atom stereocenters. The zero-order chi connectivity index (χ0) is 20.6. The quantitative estimate of drug-likeness (QED) is 0.580. The first-order valence-corrected chi connectivity index (χ1v) is 10.6. The van der Waals surface area contributed by atoms with Gasteiger partial charge in [-0.2, -0.15) is 5.10 Å². The summed E-state index contributed by atoms with van der Waals surface area (Å²) in [5, 5.41) is 11.1. The summed E-state index contributed by atoms with van der Waals surface area (Å²) < 4.78 is 5.92. The van der Waals surface area contributed by atoms with E-state index < -0.39 is 0 Å². The Labute approximate surface area is 180 Å². The third-order valence-corrected chi connectivity index (χ3v) is 5.70. The van der Waals surface area contributed by atoms with E-state index in [9.17, 15) is 0 Å². The molecule has 1 fully saturated rings. The maximum atomic E-state index is 5.92. The first-order chi connectivity index (χ1) is 15.3. The topological polar surface area (TPSA) is 70.0 Å². The van der Waals surface area contributed by atoms with Crippen molar-refractivity contribution in [2.24, 2.45) is 4.99 Å². The average molecular weight is 411 g/mol. The first-order valence-electron chi connectivity index (χ1n) is 10.6. The number of benzene rings is 2. The van der Waals surface area contributed by atoms with Crippen LogP contribution in [0.4, 0.5) is 11.5 Å². The number of anilines is 2. The molecule has 3 aromatic rings. The minimum Gasteiger partial charge on any atom is -0.457 e. The number of hydrogen-bond donors (Lipinski definition) is 3. The van der Waals surface area contributed by atoms with E-state index in [2.05, 4.69) is 56.0 Å². The molecule has 0 amide bonds. The number of aliphatic imine (C=N–C) groups is 1. The van der Waals surface area contributed by atoms with Crippen LogP contribution in [0.5, 0.6) is 11.5 Å². The third-order valence-electron chi connectivity index (χ3n) is 5.70. The lowest BCUT2D eigenvalue weighted by molar-refractivity contribution is -0.698. The largest absolute Gasteiger partial charge is 0.457 e. The van der Waals surface area contributed by atoms with Gasteiger partial charge in [0.05, 0.1) is 12.4 Å². The lowest BCUT2D eigenvalue weighted by Crippen LogP contribution is -3.10. The first kappa shape index (κ1) is 18.0. The van der Waals surface area contributed by atoms with Crippen LogP contribution in [-0.2, 0) is 0 Å². The highest BCUT2D eigenvalue weighted by atomic mass is 16.5. The Morgan fingerprint density at radius 3 is 2.65 bits per heavy atom. The highest BCUT2D eigenvalue weighted by Gasteiger charge is 2.32. The predicted octanol–water partition coefficient (Wildman–Crippen LogP) is 3.58. The van der Waals surface area contributed by atoms with Crippen molar-refractivity contribution in [1.82, 2.24) is 10.2 Å². The van der Waals surface area contributed by atoms with Gasteiger partial charge in [0, 0.05) is 23.4 Å². The van der Waals surface area contributed by atoms with Crippen LogP contribution in [0.3, 0.4) is 0 Å². The van der Waals surface area contributed by atoms with Crippen LogP contribution in [0.1, 0.15) is 24.5 Å². The zero-order valence-electron chi connectivity index (χ0n) is 17.0. The smallest absolute Gasteiger partial charge is 0.232 e. The van der Waals surface area contributed by atoms with Crippen molar-refractivity contribution < 1.29 is 9.64 Å². The second kappa shape index (κ2) is 7.45. The highest BCUT2D eigenvalue weighted by molar-refractivity contribution is 5.84. The van der Waals surface area contributed by atoms with E-state index in [1.807, 2.05) is 48.7 Å². The Bertz CT molecular complexity index is 1170. The van der Waals surface area contributed by atoms with Gasteiger partial charge in [-0.1, -0.05) is 18.2 Å². The second-order valence-electron chi connectivity index (χ2n) is 7.99. The molecule has 1 aromatic heterocycles. The van der Waals surface area contributed by atoms with Crippen molar-refractivity contribution in [2.75, 3.05) is 16.8 Å². The maximum absolute atomic E-state index is 5.92. The average Bonchev–Trinajstić information content (AvgIpc) is 3.35. The fraction of sp³-hybridized carbons (Fsp3) is 0.167. The molecule has 1 unspecified atom stereocenters. The molecule has 0 saturated heterocycles. The van der Waals surface area contributed by atoms with Crippen LogP contribution >= 0.6 is 0 Å². The molecule has 2 aliphatic heterocycles.